The van der Waals surface area contributed by atoms with Crippen LogP contribution in [0.1, 0.15) is 36.5 Å². The molecule has 0 aliphatic rings. The van der Waals surface area contributed by atoms with Crippen LogP contribution in [-0.2, 0) is 29.0 Å². The average molecular weight is 507 g/mol. The molecule has 0 bridgehead atoms. The summed E-state index contributed by atoms with van der Waals surface area (Å²) in [7, 11) is 0. The largest absolute Gasteiger partial charge is 0.354 e. The number of nitrogens with one attached hydrogen (secondary N) is 1. The Morgan fingerprint density at radius 1 is 0.879 bits per heavy atom. The summed E-state index contributed by atoms with van der Waals surface area (Å²) in [5, 5.41) is 3.06. The molecule has 3 aromatic rings. The van der Waals surface area contributed by atoms with Gasteiger partial charge in [-0.2, -0.15) is 0 Å². The number of rotatable bonds is 11. The molecule has 2 amide bonds. The van der Waals surface area contributed by atoms with E-state index >= 15 is 0 Å². The molecule has 5 heteroatoms. The summed E-state index contributed by atoms with van der Waals surface area (Å²) in [5.41, 5.74) is 2.94. The van der Waals surface area contributed by atoms with Gasteiger partial charge in [-0.25, -0.2) is 0 Å². The Morgan fingerprint density at radius 3 is 2.15 bits per heavy atom. The molecule has 0 saturated carbocycles. The second-order valence-electron chi connectivity index (χ2n) is 8.16. The zero-order valence-electron chi connectivity index (χ0n) is 19.0. The Labute approximate surface area is 205 Å². The maximum absolute atomic E-state index is 13.6. The lowest BCUT2D eigenvalue weighted by Crippen LogP contribution is -2.51. The van der Waals surface area contributed by atoms with Gasteiger partial charge in [0.05, 0.1) is 6.42 Å². The molecule has 0 saturated heterocycles. The molecule has 0 aliphatic heterocycles. The van der Waals surface area contributed by atoms with Crippen LogP contribution in [0.3, 0.4) is 0 Å². The minimum absolute atomic E-state index is 0.0623. The highest BCUT2D eigenvalue weighted by atomic mass is 79.9. The maximum Gasteiger partial charge on any atom is 0.243 e. The van der Waals surface area contributed by atoms with Gasteiger partial charge < -0.3 is 10.2 Å². The lowest BCUT2D eigenvalue weighted by Gasteiger charge is -2.32. The third-order valence-corrected chi connectivity index (χ3v) is 6.03. The average Bonchev–Trinajstić information content (AvgIpc) is 2.82. The smallest absolute Gasteiger partial charge is 0.243 e. The molecule has 0 heterocycles. The molecular formula is C28H31BrN2O2. The summed E-state index contributed by atoms with van der Waals surface area (Å²) in [6.45, 7) is 3.07. The van der Waals surface area contributed by atoms with Gasteiger partial charge in [0.25, 0.3) is 0 Å². The van der Waals surface area contributed by atoms with Crippen molar-refractivity contribution in [1.29, 1.82) is 0 Å². The quantitative estimate of drug-likeness (QED) is 0.346. The fourth-order valence-corrected chi connectivity index (χ4v) is 4.21. The Hall–Kier alpha value is -2.92. The van der Waals surface area contributed by atoms with E-state index in [9.17, 15) is 9.59 Å². The standard InChI is InChI=1S/C28H31BrN2O2/c1-2-3-17-30-28(33)26(19-22-11-6-4-7-12-22)31(21-24-15-10-16-25(29)18-24)27(32)20-23-13-8-5-9-14-23/h4-16,18,26H,2-3,17,19-21H2,1H3,(H,30,33)/t26-/m1/s1. The summed E-state index contributed by atoms with van der Waals surface area (Å²) < 4.78 is 0.947. The zero-order valence-corrected chi connectivity index (χ0v) is 20.6. The lowest BCUT2D eigenvalue weighted by molar-refractivity contribution is -0.140. The van der Waals surface area contributed by atoms with Crippen molar-refractivity contribution in [2.45, 2.75) is 45.2 Å². The first kappa shape index (κ1) is 24.7. The Morgan fingerprint density at radius 2 is 1.52 bits per heavy atom. The molecule has 0 fully saturated rings. The van der Waals surface area contributed by atoms with Crippen LogP contribution in [-0.4, -0.2) is 29.3 Å². The fourth-order valence-electron chi connectivity index (χ4n) is 3.76. The van der Waals surface area contributed by atoms with Crippen molar-refractivity contribution in [3.63, 3.8) is 0 Å². The summed E-state index contributed by atoms with van der Waals surface area (Å²) in [6.07, 6.45) is 2.63. The molecule has 0 aliphatic carbocycles. The van der Waals surface area contributed by atoms with Crippen LogP contribution in [0.25, 0.3) is 0 Å². The minimum Gasteiger partial charge on any atom is -0.354 e. The van der Waals surface area contributed by atoms with E-state index in [4.69, 9.17) is 0 Å². The topological polar surface area (TPSA) is 49.4 Å². The number of hydrogen-bond acceptors (Lipinski definition) is 2. The van der Waals surface area contributed by atoms with E-state index in [1.807, 2.05) is 84.9 Å². The Bertz CT molecular complexity index is 1020. The normalized spacial score (nSPS) is 11.6. The number of amides is 2. The molecule has 172 valence electrons. The van der Waals surface area contributed by atoms with Crippen molar-refractivity contribution in [2.24, 2.45) is 0 Å². The molecule has 1 N–H and O–H groups in total. The SMILES string of the molecule is CCCCNC(=O)[C@@H](Cc1ccccc1)N(Cc1cccc(Br)c1)C(=O)Cc1ccccc1. The summed E-state index contributed by atoms with van der Waals surface area (Å²) in [5.74, 6) is -0.170. The van der Waals surface area contributed by atoms with Gasteiger partial charge in [0.15, 0.2) is 0 Å². The molecule has 1 atom stereocenters. The first-order chi connectivity index (χ1) is 16.1. The molecule has 3 aromatic carbocycles. The Balaban J connectivity index is 1.92. The molecule has 4 nitrogen and oxygen atoms in total. The highest BCUT2D eigenvalue weighted by molar-refractivity contribution is 9.10. The summed E-state index contributed by atoms with van der Waals surface area (Å²) >= 11 is 3.52. The second kappa shape index (κ2) is 12.9. The van der Waals surface area contributed by atoms with Crippen molar-refractivity contribution >= 4 is 27.7 Å². The van der Waals surface area contributed by atoms with Crippen molar-refractivity contribution in [2.75, 3.05) is 6.54 Å². The van der Waals surface area contributed by atoms with E-state index in [2.05, 4.69) is 28.2 Å². The van der Waals surface area contributed by atoms with Crippen LogP contribution in [0.5, 0.6) is 0 Å². The van der Waals surface area contributed by atoms with Crippen LogP contribution in [0.2, 0.25) is 0 Å². The molecule has 0 aromatic heterocycles. The first-order valence-corrected chi connectivity index (χ1v) is 12.3. The molecule has 0 radical (unpaired) electrons. The number of hydrogen-bond donors (Lipinski definition) is 1. The van der Waals surface area contributed by atoms with Crippen molar-refractivity contribution in [1.82, 2.24) is 10.2 Å². The predicted molar refractivity (Wildman–Crippen MR) is 137 cm³/mol. The maximum atomic E-state index is 13.6. The van der Waals surface area contributed by atoms with E-state index < -0.39 is 6.04 Å². The van der Waals surface area contributed by atoms with Gasteiger partial charge in [-0.3, -0.25) is 9.59 Å². The van der Waals surface area contributed by atoms with Crippen LogP contribution in [0.15, 0.2) is 89.4 Å². The van der Waals surface area contributed by atoms with Gasteiger partial charge in [0.2, 0.25) is 11.8 Å². The van der Waals surface area contributed by atoms with Crippen molar-refractivity contribution in [3.8, 4) is 0 Å². The zero-order chi connectivity index (χ0) is 23.5. The molecule has 3 rings (SSSR count). The van der Waals surface area contributed by atoms with Crippen molar-refractivity contribution in [3.05, 3.63) is 106 Å². The summed E-state index contributed by atoms with van der Waals surface area (Å²) in [4.78, 5) is 28.7. The van der Waals surface area contributed by atoms with Crippen LogP contribution >= 0.6 is 15.9 Å². The molecule has 0 spiro atoms. The molecule has 33 heavy (non-hydrogen) atoms. The van der Waals surface area contributed by atoms with Gasteiger partial charge in [-0.15, -0.1) is 0 Å². The monoisotopic (exact) mass is 506 g/mol. The van der Waals surface area contributed by atoms with E-state index in [1.54, 1.807) is 4.90 Å². The van der Waals surface area contributed by atoms with Crippen LogP contribution < -0.4 is 5.32 Å². The number of carbonyl (C=O) groups excluding carboxylic acids is 2. The number of unbranched alkanes of at least 4 members (excludes halogenated alkanes) is 1. The molecule has 0 unspecified atom stereocenters. The van der Waals surface area contributed by atoms with Gasteiger partial charge in [-0.05, 0) is 35.2 Å². The van der Waals surface area contributed by atoms with Crippen LogP contribution in [0.4, 0.5) is 0 Å². The highest BCUT2D eigenvalue weighted by Crippen LogP contribution is 2.19. The fraction of sp³-hybridized carbons (Fsp3) is 0.286. The van der Waals surface area contributed by atoms with Gasteiger partial charge in [-0.1, -0.05) is 102 Å². The van der Waals surface area contributed by atoms with Gasteiger partial charge in [0, 0.05) is 24.0 Å². The first-order valence-electron chi connectivity index (χ1n) is 11.5. The molecular weight excluding hydrogens is 476 g/mol. The lowest BCUT2D eigenvalue weighted by atomic mass is 10.0. The predicted octanol–water partition coefficient (Wildman–Crippen LogP) is 5.55. The number of carbonyl (C=O) groups is 2. The highest BCUT2D eigenvalue weighted by Gasteiger charge is 2.30. The number of halogens is 1. The van der Waals surface area contributed by atoms with Crippen LogP contribution in [0, 0.1) is 0 Å². The number of nitrogens with zero attached hydrogens (tertiary/aromatic N) is 1. The second-order valence-corrected chi connectivity index (χ2v) is 9.08. The third-order valence-electron chi connectivity index (χ3n) is 5.54. The van der Waals surface area contributed by atoms with E-state index in [1.165, 1.54) is 0 Å². The number of benzene rings is 3. The van der Waals surface area contributed by atoms with E-state index in [0.717, 1.165) is 34.0 Å². The van der Waals surface area contributed by atoms with E-state index in [-0.39, 0.29) is 18.2 Å². The third kappa shape index (κ3) is 7.86. The van der Waals surface area contributed by atoms with Gasteiger partial charge >= 0.3 is 0 Å². The van der Waals surface area contributed by atoms with Gasteiger partial charge in [0.1, 0.15) is 6.04 Å². The van der Waals surface area contributed by atoms with E-state index in [0.29, 0.717) is 19.5 Å². The minimum atomic E-state index is -0.598. The van der Waals surface area contributed by atoms with Crippen molar-refractivity contribution < 1.29 is 9.59 Å². The Kier molecular flexibility index (Phi) is 9.70. The summed E-state index contributed by atoms with van der Waals surface area (Å²) in [6, 6.07) is 26.9.